The summed E-state index contributed by atoms with van der Waals surface area (Å²) in [7, 11) is 0. The Morgan fingerprint density at radius 2 is 1.98 bits per heavy atom. The lowest BCUT2D eigenvalue weighted by Crippen LogP contribution is -2.40. The van der Waals surface area contributed by atoms with Crippen LogP contribution in [0.5, 0.6) is 11.8 Å². The van der Waals surface area contributed by atoms with Gasteiger partial charge in [0.2, 0.25) is 0 Å². The summed E-state index contributed by atoms with van der Waals surface area (Å²) in [6.07, 6.45) is -1.40. The van der Waals surface area contributed by atoms with Crippen LogP contribution in [0.1, 0.15) is 43.9 Å². The average Bonchev–Trinajstić information content (AvgIpc) is 3.58. The van der Waals surface area contributed by atoms with E-state index in [2.05, 4.69) is 16.8 Å². The largest absolute Gasteiger partial charge is 0.489 e. The van der Waals surface area contributed by atoms with Gasteiger partial charge in [-0.05, 0) is 80.1 Å². The molecule has 9 nitrogen and oxygen atoms in total. The molecule has 2 unspecified atom stereocenters. The number of hydrogen-bond donors (Lipinski definition) is 0. The molecule has 0 N–H and O–H groups in total. The third kappa shape index (κ3) is 4.93. The molecule has 3 atom stereocenters. The highest BCUT2D eigenvalue weighted by molar-refractivity contribution is 5.79. The zero-order chi connectivity index (χ0) is 28.2. The molecule has 0 amide bonds. The van der Waals surface area contributed by atoms with Gasteiger partial charge in [-0.2, -0.15) is 13.2 Å². The molecule has 1 saturated heterocycles. The fourth-order valence-corrected chi connectivity index (χ4v) is 5.58. The predicted octanol–water partition coefficient (Wildman–Crippen LogP) is 6.56. The lowest BCUT2D eigenvalue weighted by atomic mass is 9.89. The maximum Gasteiger partial charge on any atom is 0.416 e. The number of benzene rings is 2. The van der Waals surface area contributed by atoms with E-state index in [1.807, 2.05) is 31.2 Å². The number of ether oxygens (including phenoxy) is 2. The Hall–Kier alpha value is -4.22. The number of nitro groups is 1. The number of imidazole rings is 1. The number of alkyl halides is 3. The molecule has 2 aromatic heterocycles. The number of aromatic nitrogens is 2. The van der Waals surface area contributed by atoms with Gasteiger partial charge in [-0.25, -0.2) is 0 Å². The molecule has 2 aliphatic heterocycles. The van der Waals surface area contributed by atoms with Crippen molar-refractivity contribution in [3.63, 3.8) is 0 Å². The predicted molar refractivity (Wildman–Crippen MR) is 140 cm³/mol. The van der Waals surface area contributed by atoms with E-state index in [1.165, 1.54) is 12.3 Å². The molecule has 1 fully saturated rings. The van der Waals surface area contributed by atoms with Crippen LogP contribution in [0, 0.1) is 10.1 Å². The Labute approximate surface area is 227 Å². The second kappa shape index (κ2) is 9.46. The van der Waals surface area contributed by atoms with Gasteiger partial charge in [0, 0.05) is 34.6 Å². The number of halogens is 3. The maximum atomic E-state index is 13.1. The smallest absolute Gasteiger partial charge is 0.416 e. The lowest BCUT2D eigenvalue weighted by Gasteiger charge is -2.38. The molecular formula is C28H27F3N4O5. The van der Waals surface area contributed by atoms with Crippen LogP contribution in [-0.2, 0) is 12.7 Å². The normalized spacial score (nSPS) is 22.8. The summed E-state index contributed by atoms with van der Waals surface area (Å²) in [5.41, 5.74) is 0.147. The average molecular weight is 557 g/mol. The Balaban J connectivity index is 1.06. The maximum absolute atomic E-state index is 13.1. The molecule has 0 aliphatic carbocycles. The Bertz CT molecular complexity index is 1540. The van der Waals surface area contributed by atoms with Gasteiger partial charge < -0.3 is 28.9 Å². The second-order valence-corrected chi connectivity index (χ2v) is 10.8. The first-order chi connectivity index (χ1) is 19.0. The van der Waals surface area contributed by atoms with E-state index in [0.29, 0.717) is 23.3 Å². The van der Waals surface area contributed by atoms with Crippen molar-refractivity contribution in [1.82, 2.24) is 9.55 Å². The number of hydrogen-bond acceptors (Lipinski definition) is 7. The molecule has 0 saturated carbocycles. The van der Waals surface area contributed by atoms with E-state index in [0.717, 1.165) is 43.0 Å². The number of rotatable bonds is 6. The van der Waals surface area contributed by atoms with Crippen LogP contribution < -0.4 is 14.4 Å². The Kier molecular flexibility index (Phi) is 6.15. The Morgan fingerprint density at radius 3 is 2.65 bits per heavy atom. The van der Waals surface area contributed by atoms with Gasteiger partial charge in [-0.15, -0.1) is 0 Å². The molecule has 4 aromatic rings. The van der Waals surface area contributed by atoms with Crippen molar-refractivity contribution in [3.8, 4) is 11.8 Å². The van der Waals surface area contributed by atoms with Crippen LogP contribution in [0.2, 0.25) is 0 Å². The molecule has 6 rings (SSSR count). The molecular weight excluding hydrogens is 529 g/mol. The number of furan rings is 1. The molecule has 210 valence electrons. The van der Waals surface area contributed by atoms with E-state index in [-0.39, 0.29) is 30.4 Å². The van der Waals surface area contributed by atoms with Gasteiger partial charge in [0.25, 0.3) is 0 Å². The van der Waals surface area contributed by atoms with Crippen molar-refractivity contribution < 1.29 is 32.0 Å². The summed E-state index contributed by atoms with van der Waals surface area (Å²) >= 11 is 0. The van der Waals surface area contributed by atoms with Crippen molar-refractivity contribution in [2.45, 2.75) is 57.0 Å². The van der Waals surface area contributed by atoms with Crippen LogP contribution in [-0.4, -0.2) is 39.3 Å². The zero-order valence-corrected chi connectivity index (χ0v) is 21.9. The van der Waals surface area contributed by atoms with Crippen LogP contribution in [0.25, 0.3) is 11.0 Å². The van der Waals surface area contributed by atoms with E-state index in [4.69, 9.17) is 13.9 Å². The first-order valence-corrected chi connectivity index (χ1v) is 13.0. The van der Waals surface area contributed by atoms with Gasteiger partial charge >= 0.3 is 18.0 Å². The quantitative estimate of drug-likeness (QED) is 0.196. The number of piperidine rings is 1. The van der Waals surface area contributed by atoms with E-state index >= 15 is 0 Å². The van der Waals surface area contributed by atoms with E-state index in [9.17, 15) is 23.3 Å². The van der Waals surface area contributed by atoms with Crippen molar-refractivity contribution in [2.24, 2.45) is 0 Å². The highest BCUT2D eigenvalue weighted by Gasteiger charge is 2.41. The number of anilines is 1. The molecule has 2 aromatic carbocycles. The van der Waals surface area contributed by atoms with Gasteiger partial charge in [0.1, 0.15) is 29.9 Å². The Morgan fingerprint density at radius 1 is 1.20 bits per heavy atom. The van der Waals surface area contributed by atoms with Crippen molar-refractivity contribution in [1.29, 1.82) is 0 Å². The minimum atomic E-state index is -4.39. The summed E-state index contributed by atoms with van der Waals surface area (Å²) in [5, 5.41) is 11.4. The minimum Gasteiger partial charge on any atom is -0.489 e. The first-order valence-electron chi connectivity index (χ1n) is 13.0. The third-order valence-electron chi connectivity index (χ3n) is 7.61. The second-order valence-electron chi connectivity index (χ2n) is 10.8. The first kappa shape index (κ1) is 26.0. The molecule has 12 heteroatoms. The summed E-state index contributed by atoms with van der Waals surface area (Å²) in [6, 6.07) is 13.5. The number of nitrogens with zero attached hydrogens (tertiary/aromatic N) is 4. The fraction of sp³-hybridized carbons (Fsp3) is 0.393. The molecule has 0 radical (unpaired) electrons. The van der Waals surface area contributed by atoms with Crippen LogP contribution in [0.15, 0.2) is 59.1 Å². The monoisotopic (exact) mass is 556 g/mol. The van der Waals surface area contributed by atoms with Crippen molar-refractivity contribution in [3.05, 3.63) is 76.2 Å². The highest BCUT2D eigenvalue weighted by atomic mass is 19.4. The highest BCUT2D eigenvalue weighted by Crippen LogP contribution is 2.39. The third-order valence-corrected chi connectivity index (χ3v) is 7.61. The molecule has 0 spiro atoms. The van der Waals surface area contributed by atoms with Crippen molar-refractivity contribution in [2.75, 3.05) is 18.1 Å². The standard InChI is InChI=1S/C28H27F3N4O5/c1-17-11-18(24-13-19-12-20(28(29,30)31)3-8-23(19)39-24)9-10-34(17)21-4-6-22(7-5-21)38-16-27(2)15-33-14-25(35(36)37)32-26(33)40-27/h3-8,12-14,17-18H,9-11,15-16H2,1-2H3/t17?,18?,27-/m1/s1. The van der Waals surface area contributed by atoms with E-state index in [1.54, 1.807) is 10.6 Å². The van der Waals surface area contributed by atoms with Gasteiger partial charge in [-0.3, -0.25) is 4.57 Å². The van der Waals surface area contributed by atoms with Gasteiger partial charge in [0.15, 0.2) is 5.60 Å². The van der Waals surface area contributed by atoms with Gasteiger partial charge in [-0.1, -0.05) is 0 Å². The van der Waals surface area contributed by atoms with Crippen LogP contribution in [0.4, 0.5) is 24.7 Å². The van der Waals surface area contributed by atoms with Crippen LogP contribution >= 0.6 is 0 Å². The van der Waals surface area contributed by atoms with Gasteiger partial charge in [0.05, 0.1) is 12.1 Å². The van der Waals surface area contributed by atoms with Crippen LogP contribution in [0.3, 0.4) is 0 Å². The summed E-state index contributed by atoms with van der Waals surface area (Å²) in [5.74, 6) is 1.28. The summed E-state index contributed by atoms with van der Waals surface area (Å²) in [4.78, 5) is 16.5. The minimum absolute atomic E-state index is 0.124. The number of fused-ring (bicyclic) bond motifs is 2. The van der Waals surface area contributed by atoms with E-state index < -0.39 is 22.3 Å². The molecule has 40 heavy (non-hydrogen) atoms. The van der Waals surface area contributed by atoms with Crippen molar-refractivity contribution >= 4 is 22.5 Å². The fourth-order valence-electron chi connectivity index (χ4n) is 5.58. The molecule has 2 aliphatic rings. The molecule has 0 bridgehead atoms. The SMILES string of the molecule is CC1CC(c2cc3cc(C(F)(F)F)ccc3o2)CCN1c1ccc(OC[C@@]2(C)Cn3cc([N+](=O)[O-])nc3O2)cc1. The zero-order valence-electron chi connectivity index (χ0n) is 21.9. The summed E-state index contributed by atoms with van der Waals surface area (Å²) < 4.78 is 58.6. The molecule has 4 heterocycles. The summed E-state index contributed by atoms with van der Waals surface area (Å²) in [6.45, 7) is 5.41. The lowest BCUT2D eigenvalue weighted by molar-refractivity contribution is -0.389. The topological polar surface area (TPSA) is 95.8 Å².